The number of ether oxygens (including phenoxy) is 1. The lowest BCUT2D eigenvalue weighted by Gasteiger charge is -2.07. The van der Waals surface area contributed by atoms with Crippen molar-refractivity contribution >= 4 is 17.5 Å². The largest absolute Gasteiger partial charge is 0.485 e. The third-order valence-corrected chi connectivity index (χ3v) is 3.04. The Bertz CT molecular complexity index is 798. The number of nitrogens with zero attached hydrogens (tertiary/aromatic N) is 2. The standard InChI is InChI=1S/C14H10ClN3O4/c15-9-1-2-10(13(16)19)11(5-9)21-7-12-17-14(22-18-12)8-3-4-20-6-8/h1-6H,7H2,(H2,16,19). The second kappa shape index (κ2) is 5.90. The van der Waals surface area contributed by atoms with Crippen LogP contribution in [0.5, 0.6) is 5.75 Å². The van der Waals surface area contributed by atoms with Crippen LogP contribution in [0.25, 0.3) is 11.5 Å². The monoisotopic (exact) mass is 319 g/mol. The molecule has 0 aliphatic heterocycles. The zero-order chi connectivity index (χ0) is 15.5. The minimum Gasteiger partial charge on any atom is -0.485 e. The van der Waals surface area contributed by atoms with Crippen molar-refractivity contribution in [3.63, 3.8) is 0 Å². The van der Waals surface area contributed by atoms with E-state index in [1.807, 2.05) is 0 Å². The van der Waals surface area contributed by atoms with E-state index >= 15 is 0 Å². The van der Waals surface area contributed by atoms with Gasteiger partial charge in [-0.25, -0.2) is 0 Å². The predicted octanol–water partition coefficient (Wildman–Crippen LogP) is 2.66. The maximum absolute atomic E-state index is 11.3. The van der Waals surface area contributed by atoms with E-state index in [0.29, 0.717) is 22.3 Å². The van der Waals surface area contributed by atoms with E-state index in [4.69, 9.17) is 31.0 Å². The zero-order valence-corrected chi connectivity index (χ0v) is 11.9. The van der Waals surface area contributed by atoms with Crippen LogP contribution in [0.4, 0.5) is 0 Å². The van der Waals surface area contributed by atoms with Gasteiger partial charge in [-0.3, -0.25) is 4.79 Å². The SMILES string of the molecule is NC(=O)c1ccc(Cl)cc1OCc1noc(-c2ccoc2)n1. The molecule has 0 radical (unpaired) electrons. The molecular formula is C14H10ClN3O4. The van der Waals surface area contributed by atoms with E-state index in [9.17, 15) is 4.79 Å². The summed E-state index contributed by atoms with van der Waals surface area (Å²) in [4.78, 5) is 15.5. The highest BCUT2D eigenvalue weighted by atomic mass is 35.5. The van der Waals surface area contributed by atoms with Gasteiger partial charge in [0.25, 0.3) is 11.8 Å². The average Bonchev–Trinajstić information content (AvgIpc) is 3.16. The van der Waals surface area contributed by atoms with Crippen LogP contribution in [-0.4, -0.2) is 16.0 Å². The maximum Gasteiger partial charge on any atom is 0.261 e. The first kappa shape index (κ1) is 14.2. The Kier molecular flexibility index (Phi) is 3.80. The molecule has 0 saturated heterocycles. The number of nitrogens with two attached hydrogens (primary N) is 1. The van der Waals surface area contributed by atoms with E-state index in [0.717, 1.165) is 0 Å². The van der Waals surface area contributed by atoms with Crippen LogP contribution in [0.15, 0.2) is 45.7 Å². The Labute approximate surface area is 129 Å². The van der Waals surface area contributed by atoms with Crippen LogP contribution < -0.4 is 10.5 Å². The fourth-order valence-corrected chi connectivity index (χ4v) is 1.94. The van der Waals surface area contributed by atoms with Gasteiger partial charge in [-0.1, -0.05) is 16.8 Å². The number of carbonyl (C=O) groups excluding carboxylic acids is 1. The quantitative estimate of drug-likeness (QED) is 0.775. The number of aromatic nitrogens is 2. The zero-order valence-electron chi connectivity index (χ0n) is 11.2. The molecule has 0 aliphatic carbocycles. The first-order valence-corrected chi connectivity index (χ1v) is 6.58. The molecule has 1 aromatic carbocycles. The van der Waals surface area contributed by atoms with Crippen molar-refractivity contribution in [2.45, 2.75) is 6.61 Å². The molecule has 3 rings (SSSR count). The Morgan fingerprint density at radius 1 is 1.36 bits per heavy atom. The number of hydrogen-bond acceptors (Lipinski definition) is 6. The third-order valence-electron chi connectivity index (χ3n) is 2.80. The predicted molar refractivity (Wildman–Crippen MR) is 76.3 cm³/mol. The molecule has 2 heterocycles. The van der Waals surface area contributed by atoms with E-state index in [-0.39, 0.29) is 17.9 Å². The van der Waals surface area contributed by atoms with E-state index in [2.05, 4.69) is 10.1 Å². The molecule has 0 bridgehead atoms. The lowest BCUT2D eigenvalue weighted by molar-refractivity contribution is 0.0995. The number of amides is 1. The molecule has 0 fully saturated rings. The fourth-order valence-electron chi connectivity index (χ4n) is 1.78. The summed E-state index contributed by atoms with van der Waals surface area (Å²) < 4.78 is 15.5. The van der Waals surface area contributed by atoms with Crippen molar-refractivity contribution in [1.82, 2.24) is 10.1 Å². The summed E-state index contributed by atoms with van der Waals surface area (Å²) in [5.74, 6) is 0.272. The summed E-state index contributed by atoms with van der Waals surface area (Å²) in [5.41, 5.74) is 6.17. The molecular weight excluding hydrogens is 310 g/mol. The molecule has 8 heteroatoms. The highest BCUT2D eigenvalue weighted by Crippen LogP contribution is 2.24. The van der Waals surface area contributed by atoms with Gasteiger partial charge in [0.1, 0.15) is 12.0 Å². The summed E-state index contributed by atoms with van der Waals surface area (Å²) in [5, 5.41) is 4.21. The van der Waals surface area contributed by atoms with Gasteiger partial charge in [-0.2, -0.15) is 4.98 Å². The van der Waals surface area contributed by atoms with Crippen molar-refractivity contribution in [1.29, 1.82) is 0 Å². The topological polar surface area (TPSA) is 104 Å². The Balaban J connectivity index is 1.76. The summed E-state index contributed by atoms with van der Waals surface area (Å²) in [6.45, 7) is 0.00196. The normalized spacial score (nSPS) is 10.6. The van der Waals surface area contributed by atoms with Crippen molar-refractivity contribution in [3.8, 4) is 17.2 Å². The van der Waals surface area contributed by atoms with Crippen molar-refractivity contribution < 1.29 is 18.5 Å². The Hall–Kier alpha value is -2.80. The molecule has 0 atom stereocenters. The van der Waals surface area contributed by atoms with Crippen LogP contribution >= 0.6 is 11.6 Å². The molecule has 112 valence electrons. The second-order valence-electron chi connectivity index (χ2n) is 4.32. The van der Waals surface area contributed by atoms with Gasteiger partial charge < -0.3 is 19.4 Å². The van der Waals surface area contributed by atoms with Crippen LogP contribution in [0, 0.1) is 0 Å². The highest BCUT2D eigenvalue weighted by Gasteiger charge is 2.13. The van der Waals surface area contributed by atoms with Crippen LogP contribution in [0.2, 0.25) is 5.02 Å². The molecule has 0 saturated carbocycles. The van der Waals surface area contributed by atoms with E-state index in [1.165, 1.54) is 24.7 Å². The summed E-state index contributed by atoms with van der Waals surface area (Å²) in [6.07, 6.45) is 2.99. The summed E-state index contributed by atoms with van der Waals surface area (Å²) in [6, 6.07) is 6.24. The highest BCUT2D eigenvalue weighted by molar-refractivity contribution is 6.30. The number of primary amides is 1. The Morgan fingerprint density at radius 2 is 2.23 bits per heavy atom. The van der Waals surface area contributed by atoms with Gasteiger partial charge in [0.05, 0.1) is 17.4 Å². The number of halogens is 1. The fraction of sp³-hybridized carbons (Fsp3) is 0.0714. The van der Waals surface area contributed by atoms with Gasteiger partial charge in [-0.05, 0) is 24.3 Å². The second-order valence-corrected chi connectivity index (χ2v) is 4.76. The van der Waals surface area contributed by atoms with E-state index < -0.39 is 5.91 Å². The molecule has 1 amide bonds. The van der Waals surface area contributed by atoms with Gasteiger partial charge in [0, 0.05) is 5.02 Å². The Morgan fingerprint density at radius 3 is 2.95 bits per heavy atom. The molecule has 2 N–H and O–H groups in total. The van der Waals surface area contributed by atoms with Gasteiger partial charge in [0.2, 0.25) is 5.82 Å². The first-order valence-electron chi connectivity index (χ1n) is 6.21. The minimum absolute atomic E-state index is 0.00196. The van der Waals surface area contributed by atoms with Crippen molar-refractivity contribution in [3.05, 3.63) is 53.2 Å². The van der Waals surface area contributed by atoms with Crippen molar-refractivity contribution in [2.24, 2.45) is 5.73 Å². The molecule has 22 heavy (non-hydrogen) atoms. The summed E-state index contributed by atoms with van der Waals surface area (Å²) in [7, 11) is 0. The van der Waals surface area contributed by atoms with Crippen LogP contribution in [-0.2, 0) is 6.61 Å². The first-order chi connectivity index (χ1) is 10.6. The number of furan rings is 1. The van der Waals surface area contributed by atoms with E-state index in [1.54, 1.807) is 12.1 Å². The number of hydrogen-bond donors (Lipinski definition) is 1. The minimum atomic E-state index is -0.612. The molecule has 2 aromatic heterocycles. The maximum atomic E-state index is 11.3. The molecule has 0 spiro atoms. The third kappa shape index (κ3) is 2.94. The molecule has 0 aliphatic rings. The van der Waals surface area contributed by atoms with Gasteiger partial charge in [0.15, 0.2) is 6.61 Å². The van der Waals surface area contributed by atoms with Crippen molar-refractivity contribution in [2.75, 3.05) is 0 Å². The number of benzene rings is 1. The molecule has 7 nitrogen and oxygen atoms in total. The molecule has 3 aromatic rings. The smallest absolute Gasteiger partial charge is 0.261 e. The number of carbonyl (C=O) groups is 1. The van der Waals surface area contributed by atoms with Gasteiger partial charge >= 0.3 is 0 Å². The summed E-state index contributed by atoms with van der Waals surface area (Å²) >= 11 is 5.88. The van der Waals surface area contributed by atoms with Gasteiger partial charge in [-0.15, -0.1) is 0 Å². The average molecular weight is 320 g/mol. The number of rotatable bonds is 5. The van der Waals surface area contributed by atoms with Crippen LogP contribution in [0.1, 0.15) is 16.2 Å². The lowest BCUT2D eigenvalue weighted by Crippen LogP contribution is -2.13. The lowest BCUT2D eigenvalue weighted by atomic mass is 10.2. The van der Waals surface area contributed by atoms with Crippen LogP contribution in [0.3, 0.4) is 0 Å². The molecule has 0 unspecified atom stereocenters.